The highest BCUT2D eigenvalue weighted by atomic mass is 19.1. The van der Waals surface area contributed by atoms with E-state index in [1.807, 2.05) is 6.92 Å². The summed E-state index contributed by atoms with van der Waals surface area (Å²) in [6, 6.07) is 12.6. The van der Waals surface area contributed by atoms with E-state index in [9.17, 15) is 13.6 Å². The summed E-state index contributed by atoms with van der Waals surface area (Å²) >= 11 is 0. The quantitative estimate of drug-likeness (QED) is 0.534. The van der Waals surface area contributed by atoms with Crippen molar-refractivity contribution >= 4 is 11.6 Å². The van der Waals surface area contributed by atoms with Crippen molar-refractivity contribution in [3.05, 3.63) is 90.0 Å². The summed E-state index contributed by atoms with van der Waals surface area (Å²) < 4.78 is 34.1. The first-order valence-corrected chi connectivity index (χ1v) is 8.88. The lowest BCUT2D eigenvalue weighted by atomic mass is 10.2. The molecule has 2 heterocycles. The standard InChI is InChI=1S/C21H15F2N5O2/c1-13-24-10-11-28(13)19-8-9-20(27-26-19)30-16-5-3-15(4-6-16)25-21(29)17-7-2-14(22)12-18(17)23/h2-12H,1H3,(H,25,29). The average Bonchev–Trinajstić information content (AvgIpc) is 3.16. The number of aromatic nitrogens is 4. The molecule has 0 fully saturated rings. The number of rotatable bonds is 5. The number of amides is 1. The van der Waals surface area contributed by atoms with Crippen molar-refractivity contribution in [3.63, 3.8) is 0 Å². The maximum atomic E-state index is 13.7. The molecular weight excluding hydrogens is 392 g/mol. The number of hydrogen-bond acceptors (Lipinski definition) is 5. The second-order valence-corrected chi connectivity index (χ2v) is 6.28. The molecule has 0 spiro atoms. The maximum Gasteiger partial charge on any atom is 0.258 e. The number of carbonyl (C=O) groups excluding carboxylic acids is 1. The summed E-state index contributed by atoms with van der Waals surface area (Å²) in [5, 5.41) is 10.7. The first-order valence-electron chi connectivity index (χ1n) is 8.88. The topological polar surface area (TPSA) is 81.9 Å². The van der Waals surface area contributed by atoms with Gasteiger partial charge in [-0.15, -0.1) is 10.2 Å². The van der Waals surface area contributed by atoms with E-state index < -0.39 is 17.5 Å². The molecule has 2 aromatic heterocycles. The van der Waals surface area contributed by atoms with Gasteiger partial charge in [-0.05, 0) is 49.4 Å². The minimum absolute atomic E-state index is 0.250. The first kappa shape index (κ1) is 19.2. The molecule has 150 valence electrons. The lowest BCUT2D eigenvalue weighted by molar-refractivity contribution is 0.102. The molecule has 0 aliphatic carbocycles. The Morgan fingerprint density at radius 2 is 1.83 bits per heavy atom. The summed E-state index contributed by atoms with van der Waals surface area (Å²) in [6.07, 6.45) is 3.46. The number of nitrogens with zero attached hydrogens (tertiary/aromatic N) is 4. The van der Waals surface area contributed by atoms with Gasteiger partial charge in [-0.2, -0.15) is 0 Å². The molecule has 4 rings (SSSR count). The number of ether oxygens (including phenoxy) is 1. The van der Waals surface area contributed by atoms with Gasteiger partial charge in [-0.1, -0.05) is 0 Å². The zero-order chi connectivity index (χ0) is 21.1. The van der Waals surface area contributed by atoms with Gasteiger partial charge in [-0.3, -0.25) is 9.36 Å². The Labute approximate surface area is 170 Å². The smallest absolute Gasteiger partial charge is 0.258 e. The van der Waals surface area contributed by atoms with Crippen molar-refractivity contribution in [1.82, 2.24) is 19.7 Å². The van der Waals surface area contributed by atoms with Gasteiger partial charge in [0.25, 0.3) is 5.91 Å². The molecule has 0 bridgehead atoms. The van der Waals surface area contributed by atoms with Crippen LogP contribution in [0.25, 0.3) is 5.82 Å². The molecule has 2 aromatic carbocycles. The molecule has 1 amide bonds. The number of halogens is 2. The summed E-state index contributed by atoms with van der Waals surface area (Å²) in [5.74, 6) is -0.192. The lowest BCUT2D eigenvalue weighted by Crippen LogP contribution is -2.13. The molecule has 9 heteroatoms. The normalized spacial score (nSPS) is 10.6. The highest BCUT2D eigenvalue weighted by molar-refractivity contribution is 6.04. The van der Waals surface area contributed by atoms with E-state index in [-0.39, 0.29) is 5.56 Å². The van der Waals surface area contributed by atoms with Gasteiger partial charge >= 0.3 is 0 Å². The summed E-state index contributed by atoms with van der Waals surface area (Å²) in [5.41, 5.74) is 0.174. The van der Waals surface area contributed by atoms with Crippen molar-refractivity contribution in [2.45, 2.75) is 6.92 Å². The van der Waals surface area contributed by atoms with E-state index >= 15 is 0 Å². The molecule has 4 aromatic rings. The number of imidazole rings is 1. The minimum atomic E-state index is -0.930. The third-order valence-electron chi connectivity index (χ3n) is 4.21. The van der Waals surface area contributed by atoms with E-state index in [2.05, 4.69) is 20.5 Å². The summed E-state index contributed by atoms with van der Waals surface area (Å²) in [7, 11) is 0. The predicted molar refractivity (Wildman–Crippen MR) is 105 cm³/mol. The van der Waals surface area contributed by atoms with Crippen LogP contribution in [0.1, 0.15) is 16.2 Å². The molecule has 0 unspecified atom stereocenters. The second kappa shape index (κ2) is 8.08. The third-order valence-corrected chi connectivity index (χ3v) is 4.21. The van der Waals surface area contributed by atoms with Gasteiger partial charge < -0.3 is 10.1 Å². The zero-order valence-electron chi connectivity index (χ0n) is 15.7. The summed E-state index contributed by atoms with van der Waals surface area (Å²) in [6.45, 7) is 1.86. The van der Waals surface area contributed by atoms with Crippen LogP contribution in [-0.4, -0.2) is 25.7 Å². The highest BCUT2D eigenvalue weighted by Crippen LogP contribution is 2.22. The maximum absolute atomic E-state index is 13.7. The molecule has 30 heavy (non-hydrogen) atoms. The predicted octanol–water partition coefficient (Wildman–Crippen LogP) is 4.29. The number of anilines is 1. The van der Waals surface area contributed by atoms with Crippen molar-refractivity contribution in [3.8, 4) is 17.4 Å². The molecule has 0 aliphatic heterocycles. The molecular formula is C21H15F2N5O2. The van der Waals surface area contributed by atoms with E-state index in [0.29, 0.717) is 29.2 Å². The molecule has 7 nitrogen and oxygen atoms in total. The first-order chi connectivity index (χ1) is 14.5. The van der Waals surface area contributed by atoms with Crippen LogP contribution in [0.15, 0.2) is 67.0 Å². The number of hydrogen-bond donors (Lipinski definition) is 1. The minimum Gasteiger partial charge on any atom is -0.438 e. The average molecular weight is 407 g/mol. The van der Waals surface area contributed by atoms with Crippen molar-refractivity contribution in [1.29, 1.82) is 0 Å². The molecule has 0 radical (unpaired) electrons. The van der Waals surface area contributed by atoms with Gasteiger partial charge in [0.1, 0.15) is 23.2 Å². The Balaban J connectivity index is 1.41. The molecule has 0 aliphatic rings. The summed E-state index contributed by atoms with van der Waals surface area (Å²) in [4.78, 5) is 16.3. The van der Waals surface area contributed by atoms with Crippen LogP contribution in [0.3, 0.4) is 0 Å². The number of aryl methyl sites for hydroxylation is 1. The van der Waals surface area contributed by atoms with Gasteiger partial charge in [0.2, 0.25) is 5.88 Å². The van der Waals surface area contributed by atoms with Crippen LogP contribution in [0.4, 0.5) is 14.5 Å². The number of nitrogens with one attached hydrogen (secondary N) is 1. The van der Waals surface area contributed by atoms with Crippen LogP contribution in [-0.2, 0) is 0 Å². The highest BCUT2D eigenvalue weighted by Gasteiger charge is 2.13. The van der Waals surface area contributed by atoms with Gasteiger partial charge in [-0.25, -0.2) is 13.8 Å². The fourth-order valence-electron chi connectivity index (χ4n) is 2.72. The second-order valence-electron chi connectivity index (χ2n) is 6.28. The Bertz CT molecular complexity index is 1190. The number of benzene rings is 2. The van der Waals surface area contributed by atoms with Crippen LogP contribution in [0, 0.1) is 18.6 Å². The largest absolute Gasteiger partial charge is 0.438 e. The van der Waals surface area contributed by atoms with Crippen molar-refractivity contribution < 1.29 is 18.3 Å². The monoisotopic (exact) mass is 407 g/mol. The molecule has 0 saturated heterocycles. The van der Waals surface area contributed by atoms with Crippen LogP contribution in [0.2, 0.25) is 0 Å². The van der Waals surface area contributed by atoms with Gasteiger partial charge in [0.05, 0.1) is 5.56 Å². The van der Waals surface area contributed by atoms with Gasteiger partial charge in [0, 0.05) is 30.2 Å². The van der Waals surface area contributed by atoms with E-state index in [0.717, 1.165) is 18.0 Å². The Morgan fingerprint density at radius 3 is 2.47 bits per heavy atom. The van der Waals surface area contributed by atoms with Crippen molar-refractivity contribution in [2.75, 3.05) is 5.32 Å². The Kier molecular flexibility index (Phi) is 5.17. The van der Waals surface area contributed by atoms with E-state index in [1.165, 1.54) is 0 Å². The van der Waals surface area contributed by atoms with Gasteiger partial charge in [0.15, 0.2) is 5.82 Å². The number of carbonyl (C=O) groups is 1. The molecule has 0 atom stereocenters. The lowest BCUT2D eigenvalue weighted by Gasteiger charge is -2.08. The van der Waals surface area contributed by atoms with Crippen molar-refractivity contribution in [2.24, 2.45) is 0 Å². The van der Waals surface area contributed by atoms with Crippen LogP contribution >= 0.6 is 0 Å². The Morgan fingerprint density at radius 1 is 1.03 bits per heavy atom. The zero-order valence-corrected chi connectivity index (χ0v) is 15.7. The molecule has 0 saturated carbocycles. The third kappa shape index (κ3) is 4.14. The van der Waals surface area contributed by atoms with E-state index in [4.69, 9.17) is 4.74 Å². The SMILES string of the molecule is Cc1nccn1-c1ccc(Oc2ccc(NC(=O)c3ccc(F)cc3F)cc2)nn1. The fourth-order valence-corrected chi connectivity index (χ4v) is 2.72. The molecule has 1 N–H and O–H groups in total. The van der Waals surface area contributed by atoms with Crippen LogP contribution < -0.4 is 10.1 Å². The fraction of sp³-hybridized carbons (Fsp3) is 0.0476. The van der Waals surface area contributed by atoms with Crippen LogP contribution in [0.5, 0.6) is 11.6 Å². The van der Waals surface area contributed by atoms with E-state index in [1.54, 1.807) is 53.4 Å². The Hall–Kier alpha value is -4.14.